The number of benzene rings is 2. The molecule has 0 aliphatic heterocycles. The first-order valence-electron chi connectivity index (χ1n) is 7.88. The summed E-state index contributed by atoms with van der Waals surface area (Å²) in [4.78, 5) is 8.56. The van der Waals surface area contributed by atoms with E-state index in [4.69, 9.17) is 22.1 Å². The zero-order chi connectivity index (χ0) is 19.2. The Morgan fingerprint density at radius 1 is 1.15 bits per heavy atom. The van der Waals surface area contributed by atoms with E-state index in [-0.39, 0.29) is 23.8 Å². The Kier molecular flexibility index (Phi) is 6.12. The van der Waals surface area contributed by atoms with E-state index in [9.17, 15) is 9.65 Å². The van der Waals surface area contributed by atoms with Gasteiger partial charge in [-0.3, -0.25) is 0 Å². The van der Waals surface area contributed by atoms with E-state index in [0.717, 1.165) is 5.56 Å². The summed E-state index contributed by atoms with van der Waals surface area (Å²) in [6.07, 6.45) is 0. The molecule has 1 heterocycles. The Hall–Kier alpha value is -2.82. The molecule has 0 amide bonds. The number of nitrogens with two attached hydrogens (primary N) is 1. The summed E-state index contributed by atoms with van der Waals surface area (Å²) in [6.45, 7) is 0.0148. The number of nitriles is 1. The zero-order valence-corrected chi connectivity index (χ0v) is 15.6. The molecule has 0 radical (unpaired) electrons. The van der Waals surface area contributed by atoms with E-state index in [1.54, 1.807) is 0 Å². The van der Waals surface area contributed by atoms with Crippen molar-refractivity contribution >= 4 is 29.2 Å². The molecule has 2 N–H and O–H groups in total. The Bertz CT molecular complexity index is 992. The highest BCUT2D eigenvalue weighted by molar-refractivity contribution is 7.98. The van der Waals surface area contributed by atoms with Crippen LogP contribution >= 0.6 is 23.4 Å². The van der Waals surface area contributed by atoms with Gasteiger partial charge in [-0.15, -0.1) is 0 Å². The molecule has 0 atom stereocenters. The molecule has 3 aromatic rings. The maximum Gasteiger partial charge on any atom is 0.190 e. The highest BCUT2D eigenvalue weighted by Gasteiger charge is 2.14. The first-order valence-corrected chi connectivity index (χ1v) is 9.24. The van der Waals surface area contributed by atoms with Gasteiger partial charge >= 0.3 is 0 Å². The summed E-state index contributed by atoms with van der Waals surface area (Å²) < 4.78 is 18.6. The van der Waals surface area contributed by atoms with Crippen molar-refractivity contribution in [2.45, 2.75) is 17.5 Å². The third-order valence-corrected chi connectivity index (χ3v) is 4.87. The van der Waals surface area contributed by atoms with Crippen LogP contribution in [0.4, 0.5) is 10.2 Å². The maximum absolute atomic E-state index is 13.0. The van der Waals surface area contributed by atoms with Gasteiger partial charge < -0.3 is 10.5 Å². The molecule has 0 aliphatic rings. The van der Waals surface area contributed by atoms with Crippen LogP contribution in [0.5, 0.6) is 5.75 Å². The fourth-order valence-electron chi connectivity index (χ4n) is 2.23. The van der Waals surface area contributed by atoms with Crippen molar-refractivity contribution in [1.82, 2.24) is 9.97 Å². The summed E-state index contributed by atoms with van der Waals surface area (Å²) >= 11 is 7.52. The minimum atomic E-state index is -0.357. The second-order valence-corrected chi connectivity index (χ2v) is 6.80. The Labute approximate surface area is 165 Å². The number of nitrogen functional groups attached to an aromatic ring is 1. The first-order chi connectivity index (χ1) is 13.1. The van der Waals surface area contributed by atoms with Crippen molar-refractivity contribution in [3.05, 3.63) is 76.2 Å². The fraction of sp³-hybridized carbons (Fsp3) is 0.105. The molecule has 0 bridgehead atoms. The summed E-state index contributed by atoms with van der Waals surface area (Å²) in [5.74, 6) is 0.753. The standard InChI is InChI=1S/C19H14ClFN4OS/c20-16-4-2-1-3-12(16)11-27-19-24-17(15(9-22)18(23)25-19)10-26-14-7-5-13(21)6-8-14/h1-8H,10-11H2,(H2,23,24,25). The second-order valence-electron chi connectivity index (χ2n) is 5.45. The molecule has 136 valence electrons. The lowest BCUT2D eigenvalue weighted by Gasteiger charge is -2.10. The van der Waals surface area contributed by atoms with Gasteiger partial charge in [0.25, 0.3) is 0 Å². The first kappa shape index (κ1) is 19.0. The summed E-state index contributed by atoms with van der Waals surface area (Å²) in [7, 11) is 0. The van der Waals surface area contributed by atoms with Crippen LogP contribution in [-0.4, -0.2) is 9.97 Å². The highest BCUT2D eigenvalue weighted by Crippen LogP contribution is 2.26. The number of thioether (sulfide) groups is 1. The minimum absolute atomic E-state index is 0.0148. The summed E-state index contributed by atoms with van der Waals surface area (Å²) in [6, 6.07) is 15.1. The molecular weight excluding hydrogens is 387 g/mol. The molecule has 0 saturated carbocycles. The molecule has 8 heteroatoms. The van der Waals surface area contributed by atoms with Crippen LogP contribution in [0.25, 0.3) is 0 Å². The average Bonchev–Trinajstić information content (AvgIpc) is 2.67. The van der Waals surface area contributed by atoms with Gasteiger partial charge in [0.1, 0.15) is 41.3 Å². The van der Waals surface area contributed by atoms with Gasteiger partial charge in [0, 0.05) is 10.8 Å². The van der Waals surface area contributed by atoms with Crippen LogP contribution in [0.2, 0.25) is 5.02 Å². The molecular formula is C19H14ClFN4OS. The van der Waals surface area contributed by atoms with Gasteiger partial charge in [-0.05, 0) is 35.9 Å². The molecule has 0 spiro atoms. The number of aromatic nitrogens is 2. The van der Waals surface area contributed by atoms with Gasteiger partial charge in [0.05, 0.1) is 0 Å². The number of ether oxygens (including phenoxy) is 1. The molecule has 1 aromatic heterocycles. The molecule has 3 rings (SSSR count). The van der Waals surface area contributed by atoms with Crippen molar-refractivity contribution in [2.75, 3.05) is 5.73 Å². The normalized spacial score (nSPS) is 10.4. The summed E-state index contributed by atoms with van der Waals surface area (Å²) in [5.41, 5.74) is 7.38. The highest BCUT2D eigenvalue weighted by atomic mass is 35.5. The number of hydrogen-bond donors (Lipinski definition) is 1. The van der Waals surface area contributed by atoms with Gasteiger partial charge in [0.2, 0.25) is 0 Å². The predicted molar refractivity (Wildman–Crippen MR) is 103 cm³/mol. The van der Waals surface area contributed by atoms with Crippen LogP contribution in [0, 0.1) is 17.1 Å². The third kappa shape index (κ3) is 4.88. The van der Waals surface area contributed by atoms with E-state index < -0.39 is 0 Å². The second kappa shape index (κ2) is 8.71. The van der Waals surface area contributed by atoms with E-state index in [2.05, 4.69) is 9.97 Å². The maximum atomic E-state index is 13.0. The monoisotopic (exact) mass is 400 g/mol. The molecule has 0 aliphatic carbocycles. The van der Waals surface area contributed by atoms with Gasteiger partial charge in [-0.25, -0.2) is 14.4 Å². The molecule has 0 saturated heterocycles. The van der Waals surface area contributed by atoms with Crippen LogP contribution in [-0.2, 0) is 12.4 Å². The number of halogens is 2. The predicted octanol–water partition coefficient (Wildman–Crippen LogP) is 4.59. The van der Waals surface area contributed by atoms with Crippen molar-refractivity contribution in [3.8, 4) is 11.8 Å². The molecule has 2 aromatic carbocycles. The van der Waals surface area contributed by atoms with E-state index in [0.29, 0.717) is 27.4 Å². The topological polar surface area (TPSA) is 84.8 Å². The van der Waals surface area contributed by atoms with Crippen LogP contribution in [0.3, 0.4) is 0 Å². The van der Waals surface area contributed by atoms with Gasteiger partial charge in [-0.2, -0.15) is 5.26 Å². The largest absolute Gasteiger partial charge is 0.487 e. The fourth-order valence-corrected chi connectivity index (χ4v) is 3.39. The zero-order valence-electron chi connectivity index (χ0n) is 14.0. The quantitative estimate of drug-likeness (QED) is 0.481. The van der Waals surface area contributed by atoms with Crippen LogP contribution in [0.1, 0.15) is 16.8 Å². The summed E-state index contributed by atoms with van der Waals surface area (Å²) in [5, 5.41) is 10.4. The number of nitrogens with zero attached hydrogens (tertiary/aromatic N) is 3. The average molecular weight is 401 g/mol. The lowest BCUT2D eigenvalue weighted by molar-refractivity contribution is 0.299. The number of anilines is 1. The van der Waals surface area contributed by atoms with Crippen LogP contribution < -0.4 is 10.5 Å². The van der Waals surface area contributed by atoms with E-state index >= 15 is 0 Å². The number of rotatable bonds is 6. The smallest absolute Gasteiger partial charge is 0.190 e. The van der Waals surface area contributed by atoms with Crippen molar-refractivity contribution in [1.29, 1.82) is 5.26 Å². The Morgan fingerprint density at radius 2 is 1.89 bits per heavy atom. The van der Waals surface area contributed by atoms with Crippen LogP contribution in [0.15, 0.2) is 53.7 Å². The van der Waals surface area contributed by atoms with Crippen molar-refractivity contribution in [3.63, 3.8) is 0 Å². The van der Waals surface area contributed by atoms with Gasteiger partial charge in [0.15, 0.2) is 5.16 Å². The molecule has 0 unspecified atom stereocenters. The number of hydrogen-bond acceptors (Lipinski definition) is 6. The molecule has 5 nitrogen and oxygen atoms in total. The van der Waals surface area contributed by atoms with E-state index in [1.807, 2.05) is 30.3 Å². The van der Waals surface area contributed by atoms with E-state index in [1.165, 1.54) is 36.0 Å². The SMILES string of the molecule is N#Cc1c(N)nc(SCc2ccccc2Cl)nc1COc1ccc(F)cc1. The lowest BCUT2D eigenvalue weighted by Crippen LogP contribution is -2.08. The lowest BCUT2D eigenvalue weighted by atomic mass is 10.2. The van der Waals surface area contributed by atoms with Crippen molar-refractivity contribution < 1.29 is 9.13 Å². The third-order valence-electron chi connectivity index (χ3n) is 3.61. The van der Waals surface area contributed by atoms with Gasteiger partial charge in [-0.1, -0.05) is 41.6 Å². The Balaban J connectivity index is 1.77. The Morgan fingerprint density at radius 3 is 2.59 bits per heavy atom. The molecule has 27 heavy (non-hydrogen) atoms. The minimum Gasteiger partial charge on any atom is -0.487 e. The molecule has 0 fully saturated rings. The van der Waals surface area contributed by atoms with Crippen molar-refractivity contribution in [2.24, 2.45) is 0 Å².